The van der Waals surface area contributed by atoms with Crippen LogP contribution in [0.1, 0.15) is 25.6 Å². The lowest BCUT2D eigenvalue weighted by atomic mass is 10.1. The van der Waals surface area contributed by atoms with Crippen LogP contribution in [-0.2, 0) is 11.3 Å². The van der Waals surface area contributed by atoms with Crippen LogP contribution in [0.4, 0.5) is 5.00 Å². The highest BCUT2D eigenvalue weighted by atomic mass is 32.1. The average Bonchev–Trinajstić information content (AvgIpc) is 3.32. The molecule has 0 radical (unpaired) electrons. The summed E-state index contributed by atoms with van der Waals surface area (Å²) in [7, 11) is 0. The summed E-state index contributed by atoms with van der Waals surface area (Å²) in [5.74, 6) is -2.38. The Balaban J connectivity index is 1.62. The second-order valence-electron chi connectivity index (χ2n) is 6.85. The number of thiophene rings is 2. The Hall–Kier alpha value is -3.83. The van der Waals surface area contributed by atoms with E-state index in [2.05, 4.69) is 10.3 Å². The predicted molar refractivity (Wildman–Crippen MR) is 122 cm³/mol. The lowest BCUT2D eigenvalue weighted by molar-refractivity contribution is -0.116. The molecule has 0 aliphatic heterocycles. The standard InChI is InChI=1S/C21H16N4O5S2/c1-10-15-19(32-16(10)21(29)30)23-9-25(20(15)28)8-14(26)24-18-12(17(22)27)7-13(31-18)11-5-3-2-4-6-11/h2-7,9H,8H2,1H3,(H2,22,27)(H,24,26)(H,29,30). The number of aromatic carboxylic acids is 1. The van der Waals surface area contributed by atoms with E-state index in [1.165, 1.54) is 24.6 Å². The normalized spacial score (nSPS) is 10.9. The zero-order valence-corrected chi connectivity index (χ0v) is 18.3. The third-order valence-electron chi connectivity index (χ3n) is 4.73. The Labute approximate surface area is 188 Å². The van der Waals surface area contributed by atoms with Crippen molar-refractivity contribution in [1.29, 1.82) is 0 Å². The Morgan fingerprint density at radius 3 is 2.56 bits per heavy atom. The predicted octanol–water partition coefficient (Wildman–Crippen LogP) is 2.93. The van der Waals surface area contributed by atoms with E-state index >= 15 is 0 Å². The highest BCUT2D eigenvalue weighted by Crippen LogP contribution is 2.35. The molecule has 0 atom stereocenters. The molecule has 0 aliphatic carbocycles. The zero-order valence-electron chi connectivity index (χ0n) is 16.6. The number of benzene rings is 1. The summed E-state index contributed by atoms with van der Waals surface area (Å²) in [4.78, 5) is 53.9. The van der Waals surface area contributed by atoms with Crippen LogP contribution in [-0.4, -0.2) is 32.4 Å². The van der Waals surface area contributed by atoms with E-state index < -0.39 is 23.3 Å². The summed E-state index contributed by atoms with van der Waals surface area (Å²) in [5.41, 5.74) is 6.30. The highest BCUT2D eigenvalue weighted by molar-refractivity contribution is 7.20. The summed E-state index contributed by atoms with van der Waals surface area (Å²) in [5, 5.41) is 12.4. The number of hydrogen-bond acceptors (Lipinski definition) is 7. The number of nitrogens with one attached hydrogen (secondary N) is 1. The number of carbonyl (C=O) groups excluding carboxylic acids is 2. The van der Waals surface area contributed by atoms with Gasteiger partial charge in [0, 0.05) is 4.88 Å². The SMILES string of the molecule is Cc1c(C(=O)O)sc2ncn(CC(=O)Nc3sc(-c4ccccc4)cc3C(N)=O)c(=O)c12. The van der Waals surface area contributed by atoms with Crippen LogP contribution in [0.2, 0.25) is 0 Å². The molecule has 0 bridgehead atoms. The van der Waals surface area contributed by atoms with Crippen molar-refractivity contribution < 1.29 is 19.5 Å². The molecule has 0 unspecified atom stereocenters. The van der Waals surface area contributed by atoms with Crippen molar-refractivity contribution in [3.8, 4) is 10.4 Å². The van der Waals surface area contributed by atoms with Gasteiger partial charge < -0.3 is 16.2 Å². The number of carboxylic acids is 1. The second kappa shape index (κ2) is 8.36. The molecule has 3 aromatic heterocycles. The quantitative estimate of drug-likeness (QED) is 0.397. The zero-order chi connectivity index (χ0) is 23.0. The van der Waals surface area contributed by atoms with Crippen LogP contribution >= 0.6 is 22.7 Å². The Morgan fingerprint density at radius 1 is 1.19 bits per heavy atom. The molecular weight excluding hydrogens is 452 g/mol. The first-order valence-corrected chi connectivity index (χ1v) is 10.9. The number of rotatable bonds is 6. The number of anilines is 1. The lowest BCUT2D eigenvalue weighted by Gasteiger charge is -2.07. The van der Waals surface area contributed by atoms with E-state index in [0.717, 1.165) is 26.3 Å². The third kappa shape index (κ3) is 3.90. The van der Waals surface area contributed by atoms with Crippen molar-refractivity contribution >= 4 is 55.7 Å². The number of amides is 2. The summed E-state index contributed by atoms with van der Waals surface area (Å²) in [6, 6.07) is 10.9. The van der Waals surface area contributed by atoms with Crippen molar-refractivity contribution in [2.45, 2.75) is 13.5 Å². The van der Waals surface area contributed by atoms with Crippen LogP contribution in [0.25, 0.3) is 20.7 Å². The summed E-state index contributed by atoms with van der Waals surface area (Å²) in [6.45, 7) is 1.17. The van der Waals surface area contributed by atoms with Crippen LogP contribution in [0.15, 0.2) is 47.5 Å². The minimum Gasteiger partial charge on any atom is -0.477 e. The van der Waals surface area contributed by atoms with Gasteiger partial charge in [-0.3, -0.25) is 19.0 Å². The van der Waals surface area contributed by atoms with Gasteiger partial charge in [0.2, 0.25) is 5.91 Å². The van der Waals surface area contributed by atoms with Crippen LogP contribution in [0.3, 0.4) is 0 Å². The lowest BCUT2D eigenvalue weighted by Crippen LogP contribution is -2.28. The van der Waals surface area contributed by atoms with Crippen molar-refractivity contribution in [2.75, 3.05) is 5.32 Å². The molecule has 0 saturated carbocycles. The van der Waals surface area contributed by atoms with Gasteiger partial charge in [-0.05, 0) is 24.1 Å². The van der Waals surface area contributed by atoms with E-state index in [-0.39, 0.29) is 27.4 Å². The molecule has 0 saturated heterocycles. The Morgan fingerprint density at radius 2 is 1.91 bits per heavy atom. The van der Waals surface area contributed by atoms with Gasteiger partial charge in [0.05, 0.1) is 17.3 Å². The van der Waals surface area contributed by atoms with Gasteiger partial charge in [-0.25, -0.2) is 9.78 Å². The van der Waals surface area contributed by atoms with Crippen LogP contribution in [0.5, 0.6) is 0 Å². The van der Waals surface area contributed by atoms with Crippen LogP contribution < -0.4 is 16.6 Å². The Bertz CT molecular complexity index is 1440. The van der Waals surface area contributed by atoms with Crippen molar-refractivity contribution in [3.63, 3.8) is 0 Å². The van der Waals surface area contributed by atoms with Crippen molar-refractivity contribution in [3.05, 3.63) is 69.1 Å². The van der Waals surface area contributed by atoms with E-state index in [1.807, 2.05) is 30.3 Å². The number of carboxylic acid groups (broad SMARTS) is 1. The smallest absolute Gasteiger partial charge is 0.346 e. The first-order chi connectivity index (χ1) is 15.3. The number of hydrogen-bond donors (Lipinski definition) is 3. The van der Waals surface area contributed by atoms with E-state index in [1.54, 1.807) is 6.07 Å². The summed E-state index contributed by atoms with van der Waals surface area (Å²) in [6.07, 6.45) is 1.20. The van der Waals surface area contributed by atoms with Gasteiger partial charge in [-0.1, -0.05) is 30.3 Å². The molecule has 11 heteroatoms. The fourth-order valence-corrected chi connectivity index (χ4v) is 5.27. The fraction of sp³-hybridized carbons (Fsp3) is 0.0952. The monoisotopic (exact) mass is 468 g/mol. The molecule has 2 amide bonds. The van der Waals surface area contributed by atoms with Gasteiger partial charge in [-0.15, -0.1) is 22.7 Å². The van der Waals surface area contributed by atoms with E-state index in [0.29, 0.717) is 10.4 Å². The highest BCUT2D eigenvalue weighted by Gasteiger charge is 2.21. The largest absolute Gasteiger partial charge is 0.477 e. The van der Waals surface area contributed by atoms with Gasteiger partial charge >= 0.3 is 5.97 Å². The van der Waals surface area contributed by atoms with Gasteiger partial charge in [-0.2, -0.15) is 0 Å². The number of carbonyl (C=O) groups is 3. The maximum Gasteiger partial charge on any atom is 0.346 e. The Kier molecular flexibility index (Phi) is 5.59. The maximum atomic E-state index is 12.8. The molecule has 162 valence electrons. The average molecular weight is 469 g/mol. The molecule has 4 aromatic rings. The fourth-order valence-electron chi connectivity index (χ4n) is 3.21. The molecule has 0 spiro atoms. The van der Waals surface area contributed by atoms with Gasteiger partial charge in [0.15, 0.2) is 0 Å². The first kappa shape index (κ1) is 21.4. The molecule has 3 heterocycles. The number of aromatic nitrogens is 2. The molecule has 0 fully saturated rings. The second-order valence-corrected chi connectivity index (χ2v) is 8.90. The van der Waals surface area contributed by atoms with Gasteiger partial charge in [0.25, 0.3) is 11.5 Å². The summed E-state index contributed by atoms with van der Waals surface area (Å²) >= 11 is 2.10. The molecule has 32 heavy (non-hydrogen) atoms. The van der Waals surface area contributed by atoms with Crippen molar-refractivity contribution in [2.24, 2.45) is 5.73 Å². The number of fused-ring (bicyclic) bond motifs is 1. The third-order valence-corrected chi connectivity index (χ3v) is 7.02. The van der Waals surface area contributed by atoms with E-state index in [4.69, 9.17) is 5.73 Å². The first-order valence-electron chi connectivity index (χ1n) is 9.27. The topological polar surface area (TPSA) is 144 Å². The number of aryl methyl sites for hydroxylation is 1. The molecule has 9 nitrogen and oxygen atoms in total. The molecular formula is C21H16N4O5S2. The van der Waals surface area contributed by atoms with E-state index in [9.17, 15) is 24.3 Å². The molecule has 1 aromatic carbocycles. The summed E-state index contributed by atoms with van der Waals surface area (Å²) < 4.78 is 1.10. The minimum atomic E-state index is -1.14. The number of nitrogens with zero attached hydrogens (tertiary/aromatic N) is 2. The number of primary amides is 1. The minimum absolute atomic E-state index is 0.0323. The number of nitrogens with two attached hydrogens (primary N) is 1. The van der Waals surface area contributed by atoms with Gasteiger partial charge in [0.1, 0.15) is 21.3 Å². The van der Waals surface area contributed by atoms with Crippen molar-refractivity contribution in [1.82, 2.24) is 9.55 Å². The molecule has 4 rings (SSSR count). The maximum absolute atomic E-state index is 12.8. The molecule has 0 aliphatic rings. The molecule has 4 N–H and O–H groups in total. The van der Waals surface area contributed by atoms with Crippen LogP contribution in [0, 0.1) is 6.92 Å².